The van der Waals surface area contributed by atoms with Gasteiger partial charge in [-0.25, -0.2) is 4.98 Å². The Morgan fingerprint density at radius 1 is 0.938 bits per heavy atom. The second-order valence-electron chi connectivity index (χ2n) is 3.61. The molecule has 0 saturated heterocycles. The lowest BCUT2D eigenvalue weighted by Gasteiger charge is -1.95. The molecule has 2 aromatic heterocycles. The number of hydrogen-bond acceptors (Lipinski definition) is 1. The zero-order valence-corrected chi connectivity index (χ0v) is 8.64. The van der Waals surface area contributed by atoms with Crippen LogP contribution in [0.15, 0.2) is 55.0 Å². The van der Waals surface area contributed by atoms with Crippen molar-refractivity contribution >= 4 is 0 Å². The number of rotatable bonds is 2. The summed E-state index contributed by atoms with van der Waals surface area (Å²) in [7, 11) is 0. The molecule has 3 heteroatoms. The van der Waals surface area contributed by atoms with Gasteiger partial charge in [0, 0.05) is 23.5 Å². The van der Waals surface area contributed by atoms with E-state index >= 15 is 0 Å². The molecule has 0 aliphatic carbocycles. The van der Waals surface area contributed by atoms with E-state index in [1.54, 1.807) is 0 Å². The average Bonchev–Trinajstić information content (AvgIpc) is 3.01. The third-order valence-corrected chi connectivity index (χ3v) is 2.53. The molecule has 16 heavy (non-hydrogen) atoms. The van der Waals surface area contributed by atoms with Crippen molar-refractivity contribution in [1.29, 1.82) is 0 Å². The van der Waals surface area contributed by atoms with Gasteiger partial charge in [-0.05, 0) is 6.07 Å². The predicted molar refractivity (Wildman–Crippen MR) is 63.8 cm³/mol. The lowest BCUT2D eigenvalue weighted by atomic mass is 10.2. The summed E-state index contributed by atoms with van der Waals surface area (Å²) in [5, 5.41) is 0. The minimum Gasteiger partial charge on any atom is -0.367 e. The third-order valence-electron chi connectivity index (χ3n) is 2.53. The Kier molecular flexibility index (Phi) is 2.07. The summed E-state index contributed by atoms with van der Waals surface area (Å²) in [5.41, 5.74) is 3.25. The number of imidazole rings is 1. The number of nitrogens with zero attached hydrogens (tertiary/aromatic N) is 1. The molecule has 1 aromatic carbocycles. The van der Waals surface area contributed by atoms with Gasteiger partial charge < -0.3 is 9.97 Å². The zero-order chi connectivity index (χ0) is 10.8. The summed E-state index contributed by atoms with van der Waals surface area (Å²) in [6.45, 7) is 0. The molecule has 0 radical (unpaired) electrons. The van der Waals surface area contributed by atoms with E-state index in [2.05, 4.69) is 15.0 Å². The molecule has 2 N–H and O–H groups in total. The largest absolute Gasteiger partial charge is 0.367 e. The lowest BCUT2D eigenvalue weighted by Crippen LogP contribution is -1.79. The zero-order valence-electron chi connectivity index (χ0n) is 8.64. The topological polar surface area (TPSA) is 44.5 Å². The minimum absolute atomic E-state index is 0.900. The van der Waals surface area contributed by atoms with Crippen molar-refractivity contribution in [2.24, 2.45) is 0 Å². The van der Waals surface area contributed by atoms with Gasteiger partial charge in [-0.15, -0.1) is 0 Å². The van der Waals surface area contributed by atoms with E-state index in [0.29, 0.717) is 0 Å². The van der Waals surface area contributed by atoms with Crippen LogP contribution in [0.4, 0.5) is 0 Å². The first-order chi connectivity index (χ1) is 7.93. The van der Waals surface area contributed by atoms with Crippen LogP contribution < -0.4 is 0 Å². The van der Waals surface area contributed by atoms with E-state index in [-0.39, 0.29) is 0 Å². The predicted octanol–water partition coefficient (Wildman–Crippen LogP) is 3.07. The summed E-state index contributed by atoms with van der Waals surface area (Å²) < 4.78 is 0. The lowest BCUT2D eigenvalue weighted by molar-refractivity contribution is 1.31. The third kappa shape index (κ3) is 1.52. The Labute approximate surface area is 93.2 Å². The molecule has 2 heterocycles. The van der Waals surface area contributed by atoms with Crippen LogP contribution in [0.3, 0.4) is 0 Å². The maximum Gasteiger partial charge on any atom is 0.137 e. The summed E-state index contributed by atoms with van der Waals surface area (Å²) in [4.78, 5) is 10.7. The Morgan fingerprint density at radius 2 is 1.81 bits per heavy atom. The summed E-state index contributed by atoms with van der Waals surface area (Å²) in [5.74, 6) is 0.900. The molecule has 0 aliphatic rings. The van der Waals surface area contributed by atoms with Crippen LogP contribution in [-0.4, -0.2) is 15.0 Å². The van der Waals surface area contributed by atoms with Crippen molar-refractivity contribution in [3.63, 3.8) is 0 Å². The van der Waals surface area contributed by atoms with Crippen LogP contribution in [-0.2, 0) is 0 Å². The van der Waals surface area contributed by atoms with E-state index in [1.807, 2.05) is 55.0 Å². The second kappa shape index (κ2) is 3.70. The van der Waals surface area contributed by atoms with Crippen LogP contribution in [0.1, 0.15) is 0 Å². The van der Waals surface area contributed by atoms with Gasteiger partial charge in [-0.3, -0.25) is 0 Å². The van der Waals surface area contributed by atoms with E-state index in [9.17, 15) is 0 Å². The van der Waals surface area contributed by atoms with Crippen LogP contribution >= 0.6 is 0 Å². The van der Waals surface area contributed by atoms with Crippen molar-refractivity contribution < 1.29 is 0 Å². The van der Waals surface area contributed by atoms with Gasteiger partial charge in [0.05, 0.1) is 11.9 Å². The fraction of sp³-hybridized carbons (Fsp3) is 0. The molecule has 0 spiro atoms. The quantitative estimate of drug-likeness (QED) is 0.669. The standard InChI is InChI=1S/C13H11N3/c1-2-4-10(5-3-1)13-15-9-12(16-13)11-6-7-14-8-11/h1-9,14H,(H,15,16). The molecule has 0 unspecified atom stereocenters. The number of hydrogen-bond donors (Lipinski definition) is 2. The fourth-order valence-corrected chi connectivity index (χ4v) is 1.70. The molecular weight excluding hydrogens is 198 g/mol. The fourth-order valence-electron chi connectivity index (χ4n) is 1.70. The van der Waals surface area contributed by atoms with Gasteiger partial charge in [0.15, 0.2) is 0 Å². The summed E-state index contributed by atoms with van der Waals surface area (Å²) >= 11 is 0. The second-order valence-corrected chi connectivity index (χ2v) is 3.61. The number of benzene rings is 1. The van der Waals surface area contributed by atoms with Crippen molar-refractivity contribution in [3.05, 3.63) is 55.0 Å². The highest BCUT2D eigenvalue weighted by atomic mass is 14.9. The van der Waals surface area contributed by atoms with Crippen molar-refractivity contribution in [2.75, 3.05) is 0 Å². The van der Waals surface area contributed by atoms with Crippen LogP contribution in [0.2, 0.25) is 0 Å². The number of aromatic amines is 2. The molecular formula is C13H11N3. The molecule has 78 valence electrons. The van der Waals surface area contributed by atoms with Gasteiger partial charge in [0.2, 0.25) is 0 Å². The molecule has 0 atom stereocenters. The molecule has 3 nitrogen and oxygen atoms in total. The van der Waals surface area contributed by atoms with Crippen molar-refractivity contribution in [1.82, 2.24) is 15.0 Å². The molecule has 3 aromatic rings. The highest BCUT2D eigenvalue weighted by molar-refractivity contribution is 5.63. The highest BCUT2D eigenvalue weighted by Crippen LogP contribution is 2.21. The summed E-state index contributed by atoms with van der Waals surface area (Å²) in [6.07, 6.45) is 5.70. The Hall–Kier alpha value is -2.29. The average molecular weight is 209 g/mol. The van der Waals surface area contributed by atoms with Crippen LogP contribution in [0, 0.1) is 0 Å². The van der Waals surface area contributed by atoms with E-state index < -0.39 is 0 Å². The first kappa shape index (κ1) is 8.97. The molecule has 0 amide bonds. The Morgan fingerprint density at radius 3 is 2.56 bits per heavy atom. The maximum absolute atomic E-state index is 4.37. The number of H-pyrrole nitrogens is 2. The van der Waals surface area contributed by atoms with Gasteiger partial charge in [0.1, 0.15) is 5.82 Å². The van der Waals surface area contributed by atoms with E-state index in [4.69, 9.17) is 0 Å². The van der Waals surface area contributed by atoms with Gasteiger partial charge in [-0.1, -0.05) is 30.3 Å². The minimum atomic E-state index is 0.900. The van der Waals surface area contributed by atoms with Crippen LogP contribution in [0.5, 0.6) is 0 Å². The monoisotopic (exact) mass is 209 g/mol. The van der Waals surface area contributed by atoms with Gasteiger partial charge in [-0.2, -0.15) is 0 Å². The number of nitrogens with one attached hydrogen (secondary N) is 2. The molecule has 3 rings (SSSR count). The van der Waals surface area contributed by atoms with Gasteiger partial charge in [0.25, 0.3) is 0 Å². The molecule has 0 fully saturated rings. The first-order valence-electron chi connectivity index (χ1n) is 5.17. The van der Waals surface area contributed by atoms with E-state index in [1.165, 1.54) is 0 Å². The van der Waals surface area contributed by atoms with E-state index in [0.717, 1.165) is 22.6 Å². The normalized spacial score (nSPS) is 10.5. The van der Waals surface area contributed by atoms with Crippen molar-refractivity contribution in [3.8, 4) is 22.6 Å². The summed E-state index contributed by atoms with van der Waals surface area (Å²) in [6, 6.07) is 12.1. The smallest absolute Gasteiger partial charge is 0.137 e. The number of aromatic nitrogens is 3. The molecule has 0 bridgehead atoms. The molecule has 0 saturated carbocycles. The van der Waals surface area contributed by atoms with Gasteiger partial charge >= 0.3 is 0 Å². The Bertz CT molecular complexity index is 564. The highest BCUT2D eigenvalue weighted by Gasteiger charge is 2.04. The maximum atomic E-state index is 4.37. The van der Waals surface area contributed by atoms with Crippen LogP contribution in [0.25, 0.3) is 22.6 Å². The van der Waals surface area contributed by atoms with Crippen molar-refractivity contribution in [2.45, 2.75) is 0 Å². The Balaban J connectivity index is 2.00. The SMILES string of the molecule is c1ccc(-c2ncc(-c3cc[nH]c3)[nH]2)cc1. The first-order valence-corrected chi connectivity index (χ1v) is 5.17. The molecule has 0 aliphatic heterocycles.